The fourth-order valence-electron chi connectivity index (χ4n) is 3.31. The van der Waals surface area contributed by atoms with E-state index in [1.165, 1.54) is 5.56 Å². The van der Waals surface area contributed by atoms with Gasteiger partial charge in [0, 0.05) is 30.1 Å². The molecule has 1 aliphatic rings. The van der Waals surface area contributed by atoms with E-state index in [2.05, 4.69) is 41.0 Å². The molecule has 0 atom stereocenters. The van der Waals surface area contributed by atoms with Crippen LogP contribution in [0.25, 0.3) is 0 Å². The molecule has 1 heterocycles. The van der Waals surface area contributed by atoms with Crippen LogP contribution in [-0.2, 0) is 6.54 Å². The van der Waals surface area contributed by atoms with Gasteiger partial charge < -0.3 is 15.5 Å². The fraction of sp³-hybridized carbons (Fsp3) is 0.350. The van der Waals surface area contributed by atoms with E-state index in [0.717, 1.165) is 43.7 Å². The highest BCUT2D eigenvalue weighted by molar-refractivity contribution is 5.89. The molecular weight excluding hydrogens is 298 g/mol. The van der Waals surface area contributed by atoms with Gasteiger partial charge in [0.15, 0.2) is 0 Å². The predicted molar refractivity (Wildman–Crippen MR) is 97.2 cm³/mol. The first-order valence-electron chi connectivity index (χ1n) is 8.71. The minimum atomic E-state index is -0.0999. The first kappa shape index (κ1) is 16.5. The van der Waals surface area contributed by atoms with Crippen molar-refractivity contribution >= 4 is 11.7 Å². The zero-order chi connectivity index (χ0) is 16.8. The Hall–Kier alpha value is -2.33. The molecule has 0 radical (unpaired) electrons. The van der Waals surface area contributed by atoms with Crippen LogP contribution >= 0.6 is 0 Å². The standard InChI is InChI=1S/C20H25N3O/c1-16-6-5-9-19(14-16)22-20(24)21-18-10-12-23(13-11-18)15-17-7-3-2-4-8-17/h2-9,14,18H,10-13,15H2,1H3,(H2,21,22,24)/p+1. The van der Waals surface area contributed by atoms with Gasteiger partial charge in [0.1, 0.15) is 6.54 Å². The maximum absolute atomic E-state index is 12.1. The molecule has 2 aromatic rings. The zero-order valence-corrected chi connectivity index (χ0v) is 14.2. The SMILES string of the molecule is Cc1cccc(NC(=O)NC2CC[NH+](Cc3ccccc3)CC2)c1. The third-order valence-electron chi connectivity index (χ3n) is 4.60. The molecule has 2 amide bonds. The lowest BCUT2D eigenvalue weighted by Crippen LogP contribution is -3.12. The van der Waals surface area contributed by atoms with Gasteiger partial charge in [-0.3, -0.25) is 0 Å². The molecule has 3 rings (SSSR count). The molecule has 0 aromatic heterocycles. The molecule has 0 bridgehead atoms. The largest absolute Gasteiger partial charge is 0.335 e. The summed E-state index contributed by atoms with van der Waals surface area (Å²) in [5, 5.41) is 6.03. The number of anilines is 1. The van der Waals surface area contributed by atoms with E-state index in [0.29, 0.717) is 0 Å². The summed E-state index contributed by atoms with van der Waals surface area (Å²) in [5.74, 6) is 0. The Morgan fingerprint density at radius 2 is 1.83 bits per heavy atom. The Morgan fingerprint density at radius 3 is 2.54 bits per heavy atom. The van der Waals surface area contributed by atoms with Crippen LogP contribution in [0.4, 0.5) is 10.5 Å². The maximum Gasteiger partial charge on any atom is 0.319 e. The molecule has 0 unspecified atom stereocenters. The maximum atomic E-state index is 12.1. The smallest absolute Gasteiger partial charge is 0.319 e. The molecule has 0 aliphatic carbocycles. The highest BCUT2D eigenvalue weighted by atomic mass is 16.2. The van der Waals surface area contributed by atoms with Crippen LogP contribution in [0.2, 0.25) is 0 Å². The molecule has 2 aromatic carbocycles. The van der Waals surface area contributed by atoms with Gasteiger partial charge in [-0.2, -0.15) is 0 Å². The molecule has 1 aliphatic heterocycles. The first-order chi connectivity index (χ1) is 11.7. The second-order valence-corrected chi connectivity index (χ2v) is 6.65. The van der Waals surface area contributed by atoms with Crippen LogP contribution in [0.1, 0.15) is 24.0 Å². The van der Waals surface area contributed by atoms with Crippen molar-refractivity contribution in [3.8, 4) is 0 Å². The quantitative estimate of drug-likeness (QED) is 0.794. The Morgan fingerprint density at radius 1 is 1.08 bits per heavy atom. The summed E-state index contributed by atoms with van der Waals surface area (Å²) in [7, 11) is 0. The topological polar surface area (TPSA) is 45.6 Å². The number of nitrogens with one attached hydrogen (secondary N) is 3. The normalized spacial score (nSPS) is 20.4. The Bertz CT molecular complexity index is 664. The fourth-order valence-corrected chi connectivity index (χ4v) is 3.31. The summed E-state index contributed by atoms with van der Waals surface area (Å²) in [6.45, 7) is 5.30. The average molecular weight is 324 g/mol. The third kappa shape index (κ3) is 4.83. The molecule has 24 heavy (non-hydrogen) atoms. The lowest BCUT2D eigenvalue weighted by Gasteiger charge is -2.29. The van der Waals surface area contributed by atoms with E-state index in [4.69, 9.17) is 0 Å². The number of piperidine rings is 1. The van der Waals surface area contributed by atoms with E-state index in [1.807, 2.05) is 31.2 Å². The molecule has 4 nitrogen and oxygen atoms in total. The number of urea groups is 1. The van der Waals surface area contributed by atoms with Crippen LogP contribution in [0.3, 0.4) is 0 Å². The van der Waals surface area contributed by atoms with Crippen molar-refractivity contribution in [3.05, 3.63) is 65.7 Å². The van der Waals surface area contributed by atoms with Crippen LogP contribution in [0.5, 0.6) is 0 Å². The summed E-state index contributed by atoms with van der Waals surface area (Å²) >= 11 is 0. The summed E-state index contributed by atoms with van der Waals surface area (Å²) in [6, 6.07) is 18.7. The van der Waals surface area contributed by atoms with E-state index < -0.39 is 0 Å². The van der Waals surface area contributed by atoms with Crippen LogP contribution in [0, 0.1) is 6.92 Å². The minimum absolute atomic E-state index is 0.0999. The molecule has 1 saturated heterocycles. The molecule has 0 spiro atoms. The molecule has 4 heteroatoms. The van der Waals surface area contributed by atoms with Gasteiger partial charge in [-0.25, -0.2) is 4.79 Å². The lowest BCUT2D eigenvalue weighted by atomic mass is 10.0. The number of rotatable bonds is 4. The van der Waals surface area contributed by atoms with Gasteiger partial charge in [0.2, 0.25) is 0 Å². The van der Waals surface area contributed by atoms with Crippen molar-refractivity contribution < 1.29 is 9.69 Å². The van der Waals surface area contributed by atoms with Gasteiger partial charge >= 0.3 is 6.03 Å². The summed E-state index contributed by atoms with van der Waals surface area (Å²) in [5.41, 5.74) is 3.38. The Labute approximate surface area is 143 Å². The van der Waals surface area contributed by atoms with Gasteiger partial charge in [-0.1, -0.05) is 42.5 Å². The number of carbonyl (C=O) groups excluding carboxylic acids is 1. The number of carbonyl (C=O) groups is 1. The Balaban J connectivity index is 1.42. The highest BCUT2D eigenvalue weighted by Crippen LogP contribution is 2.09. The molecular formula is C20H26N3O+. The van der Waals surface area contributed by atoms with Gasteiger partial charge in [0.25, 0.3) is 0 Å². The van der Waals surface area contributed by atoms with Gasteiger partial charge in [-0.05, 0) is 24.6 Å². The number of hydrogen-bond donors (Lipinski definition) is 3. The van der Waals surface area contributed by atoms with E-state index >= 15 is 0 Å². The number of likely N-dealkylation sites (tertiary alicyclic amines) is 1. The molecule has 126 valence electrons. The number of aryl methyl sites for hydroxylation is 1. The molecule has 3 N–H and O–H groups in total. The van der Waals surface area contributed by atoms with Crippen LogP contribution in [-0.4, -0.2) is 25.2 Å². The second kappa shape index (κ2) is 7.97. The van der Waals surface area contributed by atoms with Crippen molar-refractivity contribution in [2.75, 3.05) is 18.4 Å². The summed E-state index contributed by atoms with van der Waals surface area (Å²) in [4.78, 5) is 13.7. The third-order valence-corrected chi connectivity index (χ3v) is 4.60. The van der Waals surface area contributed by atoms with Gasteiger partial charge in [-0.15, -0.1) is 0 Å². The number of hydrogen-bond acceptors (Lipinski definition) is 1. The minimum Gasteiger partial charge on any atom is -0.335 e. The number of benzene rings is 2. The average Bonchev–Trinajstić information content (AvgIpc) is 2.57. The predicted octanol–water partition coefficient (Wildman–Crippen LogP) is 2.36. The van der Waals surface area contributed by atoms with Crippen molar-refractivity contribution in [1.82, 2.24) is 5.32 Å². The zero-order valence-electron chi connectivity index (χ0n) is 14.2. The van der Waals surface area contributed by atoms with E-state index in [-0.39, 0.29) is 12.1 Å². The van der Waals surface area contributed by atoms with Gasteiger partial charge in [0.05, 0.1) is 13.1 Å². The summed E-state index contributed by atoms with van der Waals surface area (Å²) < 4.78 is 0. The van der Waals surface area contributed by atoms with Crippen molar-refractivity contribution in [2.45, 2.75) is 32.4 Å². The van der Waals surface area contributed by atoms with Crippen molar-refractivity contribution in [2.24, 2.45) is 0 Å². The van der Waals surface area contributed by atoms with E-state index in [1.54, 1.807) is 4.90 Å². The number of amides is 2. The molecule has 1 fully saturated rings. The Kier molecular flexibility index (Phi) is 5.49. The monoisotopic (exact) mass is 324 g/mol. The van der Waals surface area contributed by atoms with Crippen LogP contribution < -0.4 is 15.5 Å². The van der Waals surface area contributed by atoms with E-state index in [9.17, 15) is 4.79 Å². The number of quaternary nitrogens is 1. The highest BCUT2D eigenvalue weighted by Gasteiger charge is 2.23. The van der Waals surface area contributed by atoms with Crippen LogP contribution in [0.15, 0.2) is 54.6 Å². The second-order valence-electron chi connectivity index (χ2n) is 6.65. The summed E-state index contributed by atoms with van der Waals surface area (Å²) in [6.07, 6.45) is 2.06. The van der Waals surface area contributed by atoms with Crippen molar-refractivity contribution in [1.29, 1.82) is 0 Å². The van der Waals surface area contributed by atoms with Crippen molar-refractivity contribution in [3.63, 3.8) is 0 Å². The lowest BCUT2D eigenvalue weighted by molar-refractivity contribution is -0.918. The first-order valence-corrected chi connectivity index (χ1v) is 8.71. The molecule has 0 saturated carbocycles.